The normalized spacial score (nSPS) is 22.5. The number of piperidine rings is 1. The molecule has 33 heavy (non-hydrogen) atoms. The van der Waals surface area contributed by atoms with E-state index in [-0.39, 0.29) is 18.4 Å². The van der Waals surface area contributed by atoms with Crippen LogP contribution in [-0.4, -0.2) is 53.7 Å². The number of likely N-dealkylation sites (tertiary alicyclic amines) is 1. The Morgan fingerprint density at radius 3 is 2.70 bits per heavy atom. The molecule has 4 rings (SSSR count). The van der Waals surface area contributed by atoms with Crippen molar-refractivity contribution in [2.24, 2.45) is 4.99 Å². The van der Waals surface area contributed by atoms with Crippen LogP contribution in [0.2, 0.25) is 0 Å². The number of carbonyl (C=O) groups is 2. The minimum Gasteiger partial charge on any atom is -0.496 e. The molecule has 1 saturated heterocycles. The van der Waals surface area contributed by atoms with Crippen LogP contribution in [0.1, 0.15) is 57.6 Å². The number of aliphatic imine (C=N–C) groups is 1. The van der Waals surface area contributed by atoms with Crippen LogP contribution in [-0.2, 0) is 14.3 Å². The quantitative estimate of drug-likeness (QED) is 0.566. The number of para-hydroxylation sites is 1. The third-order valence-electron chi connectivity index (χ3n) is 6.52. The van der Waals surface area contributed by atoms with Gasteiger partial charge < -0.3 is 19.3 Å². The summed E-state index contributed by atoms with van der Waals surface area (Å²) in [5, 5.41) is 2.76. The van der Waals surface area contributed by atoms with Crippen molar-refractivity contribution in [3.05, 3.63) is 52.2 Å². The zero-order chi connectivity index (χ0) is 23.5. The van der Waals surface area contributed by atoms with E-state index in [2.05, 4.69) is 6.92 Å². The fraction of sp³-hybridized carbons (Fsp3) is 0.480. The second-order valence-corrected chi connectivity index (χ2v) is 9.29. The molecule has 1 fully saturated rings. The average molecular weight is 470 g/mol. The molecule has 3 aliphatic rings. The number of benzene rings is 1. The number of amides is 1. The van der Waals surface area contributed by atoms with Gasteiger partial charge in [0.25, 0.3) is 0 Å². The maximum atomic E-state index is 13.3. The fourth-order valence-corrected chi connectivity index (χ4v) is 5.76. The monoisotopic (exact) mass is 469 g/mol. The minimum atomic E-state index is -0.483. The fourth-order valence-electron chi connectivity index (χ4n) is 4.82. The van der Waals surface area contributed by atoms with Crippen LogP contribution in [0.3, 0.4) is 0 Å². The van der Waals surface area contributed by atoms with Crippen LogP contribution in [0.5, 0.6) is 5.75 Å². The van der Waals surface area contributed by atoms with Gasteiger partial charge in [-0.15, -0.1) is 0 Å². The highest BCUT2D eigenvalue weighted by Crippen LogP contribution is 2.47. The van der Waals surface area contributed by atoms with Crippen molar-refractivity contribution in [3.8, 4) is 5.75 Å². The molecule has 0 aromatic heterocycles. The first-order valence-electron chi connectivity index (χ1n) is 11.5. The number of esters is 1. The summed E-state index contributed by atoms with van der Waals surface area (Å²) < 4.78 is 10.8. The summed E-state index contributed by atoms with van der Waals surface area (Å²) in [6.07, 6.45) is 4.09. The molecule has 0 saturated carbocycles. The number of fused-ring (bicyclic) bond motifs is 1. The smallest absolute Gasteiger partial charge is 0.338 e. The average Bonchev–Trinajstić information content (AvgIpc) is 3.24. The topological polar surface area (TPSA) is 71.4 Å². The number of thioether (sulfide) groups is 1. The molecule has 7 nitrogen and oxygen atoms in total. The third-order valence-corrected chi connectivity index (χ3v) is 7.41. The van der Waals surface area contributed by atoms with E-state index >= 15 is 0 Å². The van der Waals surface area contributed by atoms with Crippen LogP contribution in [0.25, 0.3) is 0 Å². The Morgan fingerprint density at radius 2 is 2.00 bits per heavy atom. The standard InChI is InChI=1S/C25H31N3O4S/c1-5-19-22(24(30)32-4)23(18-11-6-7-12-20(18)31-3)28-17(15-33-25(28)26-19)14-21(29)27-13-9-8-10-16(27)2/h6-7,11-12,15-16,23H,5,8-10,13-14H2,1-4H3. The largest absolute Gasteiger partial charge is 0.496 e. The maximum Gasteiger partial charge on any atom is 0.338 e. The summed E-state index contributed by atoms with van der Waals surface area (Å²) in [5.41, 5.74) is 2.86. The lowest BCUT2D eigenvalue weighted by molar-refractivity contribution is -0.136. The molecule has 8 heteroatoms. The van der Waals surface area contributed by atoms with Gasteiger partial charge in [-0.1, -0.05) is 36.9 Å². The van der Waals surface area contributed by atoms with Gasteiger partial charge in [0.15, 0.2) is 5.17 Å². The molecule has 1 amide bonds. The number of ether oxygens (including phenoxy) is 2. The molecular weight excluding hydrogens is 438 g/mol. The number of hydrogen-bond acceptors (Lipinski definition) is 7. The van der Waals surface area contributed by atoms with Crippen LogP contribution in [0.4, 0.5) is 0 Å². The van der Waals surface area contributed by atoms with E-state index in [0.717, 1.165) is 42.2 Å². The van der Waals surface area contributed by atoms with Crippen molar-refractivity contribution in [1.82, 2.24) is 9.80 Å². The summed E-state index contributed by atoms with van der Waals surface area (Å²) in [6.45, 7) is 4.89. The number of hydrogen-bond donors (Lipinski definition) is 0. The van der Waals surface area contributed by atoms with E-state index in [0.29, 0.717) is 23.4 Å². The minimum absolute atomic E-state index is 0.110. The van der Waals surface area contributed by atoms with Gasteiger partial charge in [0, 0.05) is 23.8 Å². The van der Waals surface area contributed by atoms with Gasteiger partial charge in [0.2, 0.25) is 5.91 Å². The predicted octanol–water partition coefficient (Wildman–Crippen LogP) is 4.62. The predicted molar refractivity (Wildman–Crippen MR) is 130 cm³/mol. The Morgan fingerprint density at radius 1 is 1.21 bits per heavy atom. The molecular formula is C25H31N3O4S. The van der Waals surface area contributed by atoms with Crippen molar-refractivity contribution >= 4 is 28.8 Å². The van der Waals surface area contributed by atoms with E-state index < -0.39 is 12.0 Å². The number of amidine groups is 1. The molecule has 3 heterocycles. The molecule has 0 spiro atoms. The highest BCUT2D eigenvalue weighted by atomic mass is 32.2. The van der Waals surface area contributed by atoms with Gasteiger partial charge in [-0.05, 0) is 44.1 Å². The SMILES string of the molecule is CCC1=C(C(=O)OC)C(c2ccccc2OC)N2C(CC(=O)N3CCCCC3C)=CSC2=N1. The Balaban J connectivity index is 1.75. The molecule has 1 aromatic carbocycles. The van der Waals surface area contributed by atoms with E-state index in [1.54, 1.807) is 7.11 Å². The summed E-state index contributed by atoms with van der Waals surface area (Å²) in [6, 6.07) is 7.43. The van der Waals surface area contributed by atoms with Crippen LogP contribution >= 0.6 is 11.8 Å². The molecule has 176 valence electrons. The molecule has 0 aliphatic carbocycles. The van der Waals surface area contributed by atoms with Crippen molar-refractivity contribution in [2.75, 3.05) is 20.8 Å². The van der Waals surface area contributed by atoms with Gasteiger partial charge in [-0.25, -0.2) is 9.79 Å². The number of methoxy groups -OCH3 is 2. The summed E-state index contributed by atoms with van der Waals surface area (Å²) >= 11 is 1.49. The Hall–Kier alpha value is -2.74. The van der Waals surface area contributed by atoms with Crippen molar-refractivity contribution in [1.29, 1.82) is 0 Å². The van der Waals surface area contributed by atoms with Crippen molar-refractivity contribution in [2.45, 2.75) is 58.0 Å². The van der Waals surface area contributed by atoms with Gasteiger partial charge in [0.05, 0.1) is 38.0 Å². The zero-order valence-corrected chi connectivity index (χ0v) is 20.5. The molecule has 0 radical (unpaired) electrons. The lowest BCUT2D eigenvalue weighted by Gasteiger charge is -2.38. The van der Waals surface area contributed by atoms with E-state index in [1.807, 2.05) is 46.4 Å². The van der Waals surface area contributed by atoms with Crippen molar-refractivity contribution < 1.29 is 19.1 Å². The number of carbonyl (C=O) groups excluding carboxylic acids is 2. The molecule has 0 N–H and O–H groups in total. The lowest BCUT2D eigenvalue weighted by atomic mass is 9.92. The number of nitrogens with zero attached hydrogens (tertiary/aromatic N) is 3. The third kappa shape index (κ3) is 4.40. The number of allylic oxidation sites excluding steroid dienone is 1. The Bertz CT molecular complexity index is 1030. The zero-order valence-electron chi connectivity index (χ0n) is 19.7. The highest BCUT2D eigenvalue weighted by molar-refractivity contribution is 8.16. The van der Waals surface area contributed by atoms with E-state index in [4.69, 9.17) is 14.5 Å². The maximum absolute atomic E-state index is 13.3. The molecule has 2 unspecified atom stereocenters. The van der Waals surface area contributed by atoms with Gasteiger partial charge >= 0.3 is 5.97 Å². The highest BCUT2D eigenvalue weighted by Gasteiger charge is 2.43. The van der Waals surface area contributed by atoms with Gasteiger partial charge in [0.1, 0.15) is 5.75 Å². The second kappa shape index (κ2) is 10.0. The lowest BCUT2D eigenvalue weighted by Crippen LogP contribution is -2.43. The molecule has 1 aromatic rings. The van der Waals surface area contributed by atoms with E-state index in [1.165, 1.54) is 18.9 Å². The van der Waals surface area contributed by atoms with Crippen LogP contribution < -0.4 is 4.74 Å². The molecule has 0 bridgehead atoms. The summed E-state index contributed by atoms with van der Waals surface area (Å²) in [5.74, 6) is 0.365. The van der Waals surface area contributed by atoms with Gasteiger partial charge in [-0.2, -0.15) is 0 Å². The summed E-state index contributed by atoms with van der Waals surface area (Å²) in [4.78, 5) is 35.1. The first kappa shape index (κ1) is 23.4. The van der Waals surface area contributed by atoms with Crippen LogP contribution in [0.15, 0.2) is 51.6 Å². The second-order valence-electron chi connectivity index (χ2n) is 8.45. The van der Waals surface area contributed by atoms with Crippen molar-refractivity contribution in [3.63, 3.8) is 0 Å². The summed E-state index contributed by atoms with van der Waals surface area (Å²) in [7, 11) is 3.01. The Kier molecular flexibility index (Phi) is 7.12. The van der Waals surface area contributed by atoms with Crippen LogP contribution in [0, 0.1) is 0 Å². The Labute approximate surface area is 199 Å². The number of rotatable bonds is 6. The molecule has 3 aliphatic heterocycles. The van der Waals surface area contributed by atoms with E-state index in [9.17, 15) is 9.59 Å². The molecule has 2 atom stereocenters. The van der Waals surface area contributed by atoms with Gasteiger partial charge in [-0.3, -0.25) is 4.79 Å². The first-order valence-corrected chi connectivity index (χ1v) is 12.3. The first-order chi connectivity index (χ1) is 16.0.